The van der Waals surface area contributed by atoms with E-state index in [1.54, 1.807) is 12.3 Å². The zero-order valence-electron chi connectivity index (χ0n) is 9.18. The maximum absolute atomic E-state index is 5.53. The van der Waals surface area contributed by atoms with Crippen molar-refractivity contribution in [2.45, 2.75) is 0 Å². The van der Waals surface area contributed by atoms with Crippen LogP contribution in [0.25, 0.3) is 10.9 Å². The minimum atomic E-state index is 0.249. The standard InChI is InChI=1S/C11H9IN6/c12-10-7-5-6(1-2-8(7)17-18-10)15-9-3-4-14-11(13)16-9/h1-5H,(H,17,18)(H3,13,14,15,16). The summed E-state index contributed by atoms with van der Waals surface area (Å²) in [6, 6.07) is 7.66. The van der Waals surface area contributed by atoms with Crippen LogP contribution in [0, 0.1) is 3.70 Å². The van der Waals surface area contributed by atoms with Gasteiger partial charge >= 0.3 is 0 Å². The lowest BCUT2D eigenvalue weighted by atomic mass is 10.2. The van der Waals surface area contributed by atoms with E-state index in [0.29, 0.717) is 5.82 Å². The third-order valence-corrected chi connectivity index (χ3v) is 3.28. The van der Waals surface area contributed by atoms with E-state index in [0.717, 1.165) is 20.3 Å². The predicted molar refractivity (Wildman–Crippen MR) is 78.5 cm³/mol. The van der Waals surface area contributed by atoms with Gasteiger partial charge in [-0.25, -0.2) is 4.98 Å². The second-order valence-corrected chi connectivity index (χ2v) is 4.77. The summed E-state index contributed by atoms with van der Waals surface area (Å²) in [6.45, 7) is 0. The number of aromatic amines is 1. The highest BCUT2D eigenvalue weighted by atomic mass is 127. The number of nitrogens with one attached hydrogen (secondary N) is 2. The Balaban J connectivity index is 1.97. The summed E-state index contributed by atoms with van der Waals surface area (Å²) >= 11 is 2.21. The molecule has 7 heteroatoms. The Hall–Kier alpha value is -1.90. The van der Waals surface area contributed by atoms with Crippen LogP contribution in [0.2, 0.25) is 0 Å². The van der Waals surface area contributed by atoms with Crippen molar-refractivity contribution in [3.8, 4) is 0 Å². The van der Waals surface area contributed by atoms with Crippen LogP contribution in [-0.4, -0.2) is 20.2 Å². The fourth-order valence-electron chi connectivity index (χ4n) is 1.65. The number of hydrogen-bond acceptors (Lipinski definition) is 5. The molecule has 0 saturated carbocycles. The summed E-state index contributed by atoms with van der Waals surface area (Å²) in [5, 5.41) is 11.4. The van der Waals surface area contributed by atoms with Crippen molar-refractivity contribution in [2.24, 2.45) is 0 Å². The molecule has 3 aromatic rings. The molecule has 2 heterocycles. The summed E-state index contributed by atoms with van der Waals surface area (Å²) in [5.41, 5.74) is 7.40. The molecule has 0 unspecified atom stereocenters. The summed E-state index contributed by atoms with van der Waals surface area (Å²) in [4.78, 5) is 7.94. The maximum Gasteiger partial charge on any atom is 0.221 e. The molecule has 0 aliphatic rings. The molecule has 3 rings (SSSR count). The molecule has 0 saturated heterocycles. The van der Waals surface area contributed by atoms with Crippen molar-refractivity contribution in [1.82, 2.24) is 20.2 Å². The first-order chi connectivity index (χ1) is 8.72. The highest BCUT2D eigenvalue weighted by Crippen LogP contribution is 2.23. The molecule has 0 bridgehead atoms. The Morgan fingerprint density at radius 1 is 1.28 bits per heavy atom. The van der Waals surface area contributed by atoms with Crippen LogP contribution in [0.15, 0.2) is 30.5 Å². The predicted octanol–water partition coefficient (Wildman–Crippen LogP) is 2.28. The molecule has 0 aliphatic heterocycles. The Kier molecular flexibility index (Phi) is 2.74. The highest BCUT2D eigenvalue weighted by Gasteiger charge is 2.04. The van der Waals surface area contributed by atoms with E-state index in [9.17, 15) is 0 Å². The smallest absolute Gasteiger partial charge is 0.221 e. The van der Waals surface area contributed by atoms with Gasteiger partial charge in [0.1, 0.15) is 9.52 Å². The Bertz CT molecular complexity index is 708. The van der Waals surface area contributed by atoms with Crippen LogP contribution in [-0.2, 0) is 0 Å². The molecule has 0 aliphatic carbocycles. The number of halogens is 1. The normalized spacial score (nSPS) is 10.7. The zero-order chi connectivity index (χ0) is 12.5. The lowest BCUT2D eigenvalue weighted by molar-refractivity contribution is 1.09. The van der Waals surface area contributed by atoms with E-state index in [1.807, 2.05) is 18.2 Å². The van der Waals surface area contributed by atoms with Crippen molar-refractivity contribution in [1.29, 1.82) is 0 Å². The van der Waals surface area contributed by atoms with Crippen molar-refractivity contribution >= 4 is 50.9 Å². The van der Waals surface area contributed by atoms with E-state index in [1.165, 1.54) is 0 Å². The highest BCUT2D eigenvalue weighted by molar-refractivity contribution is 14.1. The molecule has 0 atom stereocenters. The van der Waals surface area contributed by atoms with Crippen LogP contribution < -0.4 is 11.1 Å². The molecule has 18 heavy (non-hydrogen) atoms. The second-order valence-electron chi connectivity index (χ2n) is 3.69. The molecule has 0 spiro atoms. The molecular weight excluding hydrogens is 343 g/mol. The van der Waals surface area contributed by atoms with Gasteiger partial charge in [0, 0.05) is 17.3 Å². The van der Waals surface area contributed by atoms with E-state index < -0.39 is 0 Å². The SMILES string of the molecule is Nc1nccc(Nc2ccc3n[nH]c(I)c3c2)n1. The van der Waals surface area contributed by atoms with Crippen molar-refractivity contribution in [3.63, 3.8) is 0 Å². The van der Waals surface area contributed by atoms with Gasteiger partial charge in [0.2, 0.25) is 5.95 Å². The second kappa shape index (κ2) is 4.41. The van der Waals surface area contributed by atoms with Gasteiger partial charge in [0.15, 0.2) is 0 Å². The molecule has 0 fully saturated rings. The van der Waals surface area contributed by atoms with Crippen LogP contribution >= 0.6 is 22.6 Å². The summed E-state index contributed by atoms with van der Waals surface area (Å²) < 4.78 is 1.01. The number of nitrogens with zero attached hydrogens (tertiary/aromatic N) is 3. The van der Waals surface area contributed by atoms with E-state index in [4.69, 9.17) is 5.73 Å². The Labute approximate surface area is 116 Å². The first-order valence-electron chi connectivity index (χ1n) is 5.21. The lowest BCUT2D eigenvalue weighted by Gasteiger charge is -2.05. The molecule has 4 N–H and O–H groups in total. The van der Waals surface area contributed by atoms with Gasteiger partial charge in [-0.1, -0.05) is 0 Å². The van der Waals surface area contributed by atoms with Crippen molar-refractivity contribution in [3.05, 3.63) is 34.2 Å². The molecule has 90 valence electrons. The first-order valence-corrected chi connectivity index (χ1v) is 6.29. The summed E-state index contributed by atoms with van der Waals surface area (Å²) in [6.07, 6.45) is 1.62. The Morgan fingerprint density at radius 3 is 3.00 bits per heavy atom. The number of rotatable bonds is 2. The number of hydrogen-bond donors (Lipinski definition) is 3. The third kappa shape index (κ3) is 2.08. The number of nitrogens with two attached hydrogens (primary N) is 1. The van der Waals surface area contributed by atoms with Crippen molar-refractivity contribution < 1.29 is 0 Å². The van der Waals surface area contributed by atoms with E-state index >= 15 is 0 Å². The van der Waals surface area contributed by atoms with Gasteiger partial charge in [-0.15, -0.1) is 0 Å². The van der Waals surface area contributed by atoms with Gasteiger partial charge in [0.05, 0.1) is 5.52 Å². The third-order valence-electron chi connectivity index (χ3n) is 2.45. The van der Waals surface area contributed by atoms with Gasteiger partial charge in [-0.05, 0) is 46.9 Å². The molecule has 0 radical (unpaired) electrons. The number of nitrogen functional groups attached to an aromatic ring is 1. The molecule has 6 nitrogen and oxygen atoms in total. The number of H-pyrrole nitrogens is 1. The molecule has 2 aromatic heterocycles. The maximum atomic E-state index is 5.53. The topological polar surface area (TPSA) is 92.5 Å². The van der Waals surface area contributed by atoms with E-state index in [2.05, 4.69) is 48.1 Å². The minimum Gasteiger partial charge on any atom is -0.368 e. The van der Waals surface area contributed by atoms with Gasteiger partial charge in [0.25, 0.3) is 0 Å². The largest absolute Gasteiger partial charge is 0.368 e. The lowest BCUT2D eigenvalue weighted by Crippen LogP contribution is -1.98. The molecular formula is C11H9IN6. The first kappa shape index (κ1) is 11.2. The number of benzene rings is 1. The molecule has 0 amide bonds. The number of anilines is 3. The van der Waals surface area contributed by atoms with Crippen LogP contribution in [0.4, 0.5) is 17.5 Å². The van der Waals surface area contributed by atoms with E-state index in [-0.39, 0.29) is 5.95 Å². The quantitative estimate of drug-likeness (QED) is 0.616. The fraction of sp³-hybridized carbons (Fsp3) is 0. The average molecular weight is 352 g/mol. The van der Waals surface area contributed by atoms with Gasteiger partial charge in [-0.2, -0.15) is 10.1 Å². The zero-order valence-corrected chi connectivity index (χ0v) is 11.3. The van der Waals surface area contributed by atoms with Crippen LogP contribution in [0.1, 0.15) is 0 Å². The number of fused-ring (bicyclic) bond motifs is 1. The number of aromatic nitrogens is 4. The van der Waals surface area contributed by atoms with Crippen LogP contribution in [0.3, 0.4) is 0 Å². The van der Waals surface area contributed by atoms with Gasteiger partial charge in [-0.3, -0.25) is 5.10 Å². The molecule has 1 aromatic carbocycles. The summed E-state index contributed by atoms with van der Waals surface area (Å²) in [7, 11) is 0. The minimum absolute atomic E-state index is 0.249. The fourth-order valence-corrected chi connectivity index (χ4v) is 2.20. The van der Waals surface area contributed by atoms with Crippen LogP contribution in [0.5, 0.6) is 0 Å². The van der Waals surface area contributed by atoms with Gasteiger partial charge < -0.3 is 11.1 Å². The monoisotopic (exact) mass is 352 g/mol. The van der Waals surface area contributed by atoms with Crippen molar-refractivity contribution in [2.75, 3.05) is 11.1 Å². The average Bonchev–Trinajstić information content (AvgIpc) is 2.71. The summed E-state index contributed by atoms with van der Waals surface area (Å²) in [5.74, 6) is 0.916. The Morgan fingerprint density at radius 2 is 2.17 bits per heavy atom.